The van der Waals surface area contributed by atoms with Crippen LogP contribution in [0.3, 0.4) is 0 Å². The number of benzene rings is 2. The lowest BCUT2D eigenvalue weighted by atomic mass is 9.73. The van der Waals surface area contributed by atoms with Gasteiger partial charge in [0, 0.05) is 55.1 Å². The maximum Gasteiger partial charge on any atom is 0.319 e. The number of sulfonamides is 1. The van der Waals surface area contributed by atoms with Crippen LogP contribution < -0.4 is 15.0 Å². The van der Waals surface area contributed by atoms with E-state index >= 15 is 4.39 Å². The number of hydrogen-bond acceptors (Lipinski definition) is 9. The average Bonchev–Trinajstić information content (AvgIpc) is 3.96. The molecule has 8 rings (SSSR count). The lowest BCUT2D eigenvalue weighted by molar-refractivity contribution is 0.125. The lowest BCUT2D eigenvalue weighted by Gasteiger charge is -2.49. The molecule has 2 aromatic carbocycles. The quantitative estimate of drug-likeness (QED) is 0.347. The molecule has 2 saturated carbocycles. The number of terminal acetylenes is 1. The van der Waals surface area contributed by atoms with Crippen molar-refractivity contribution in [3.63, 3.8) is 0 Å². The Morgan fingerprint density at radius 1 is 1.15 bits per heavy atom. The number of nitrogens with one attached hydrogen (secondary N) is 1. The van der Waals surface area contributed by atoms with E-state index in [1.165, 1.54) is 28.6 Å². The summed E-state index contributed by atoms with van der Waals surface area (Å²) < 4.78 is 52.6. The van der Waals surface area contributed by atoms with Crippen LogP contribution in [0.4, 0.5) is 10.2 Å². The van der Waals surface area contributed by atoms with E-state index in [-0.39, 0.29) is 44.8 Å². The predicted octanol–water partition coefficient (Wildman–Crippen LogP) is 4.03. The highest BCUT2D eigenvalue weighted by Gasteiger charge is 2.48. The van der Waals surface area contributed by atoms with Crippen molar-refractivity contribution in [3.8, 4) is 24.1 Å². The number of nitrogens with zero attached hydrogens (tertiary/aromatic N) is 5. The van der Waals surface area contributed by atoms with Gasteiger partial charge in [0.05, 0.1) is 23.6 Å². The highest BCUT2D eigenvalue weighted by atomic mass is 32.2. The van der Waals surface area contributed by atoms with Gasteiger partial charge in [0.25, 0.3) is 10.0 Å². The van der Waals surface area contributed by atoms with E-state index in [0.717, 1.165) is 45.3 Å². The number of piperidine rings is 1. The molecule has 4 fully saturated rings. The average molecular weight is 659 g/mol. The zero-order chi connectivity index (χ0) is 32.7. The maximum absolute atomic E-state index is 15.1. The van der Waals surface area contributed by atoms with Gasteiger partial charge in [-0.25, -0.2) is 12.8 Å². The molecule has 4 heterocycles. The molecule has 47 heavy (non-hydrogen) atoms. The van der Waals surface area contributed by atoms with Gasteiger partial charge >= 0.3 is 6.01 Å². The van der Waals surface area contributed by atoms with Gasteiger partial charge < -0.3 is 25.0 Å². The third-order valence-electron chi connectivity index (χ3n) is 10.5. The summed E-state index contributed by atoms with van der Waals surface area (Å²) in [5.74, 6) is 2.13. The normalized spacial score (nSPS) is 22.1. The van der Waals surface area contributed by atoms with Gasteiger partial charge in [-0.05, 0) is 87.7 Å². The Morgan fingerprint density at radius 3 is 2.51 bits per heavy atom. The lowest BCUT2D eigenvalue weighted by Crippen LogP contribution is -2.58. The summed E-state index contributed by atoms with van der Waals surface area (Å²) in [5.41, 5.74) is 1.12. The van der Waals surface area contributed by atoms with Crippen molar-refractivity contribution >= 4 is 38.4 Å². The Morgan fingerprint density at radius 2 is 1.89 bits per heavy atom. The van der Waals surface area contributed by atoms with Crippen LogP contribution in [-0.2, 0) is 10.0 Å². The minimum atomic E-state index is -4.20. The molecule has 1 aromatic heterocycles. The first kappa shape index (κ1) is 30.4. The molecule has 246 valence electrons. The monoisotopic (exact) mass is 658 g/mol. The second-order valence-electron chi connectivity index (χ2n) is 14.4. The molecular weight excluding hydrogens is 619 g/mol. The van der Waals surface area contributed by atoms with Crippen LogP contribution in [0.25, 0.3) is 22.5 Å². The fourth-order valence-electron chi connectivity index (χ4n) is 7.58. The summed E-state index contributed by atoms with van der Waals surface area (Å²) in [4.78, 5) is 13.9. The SMILES string of the molecule is C#Cc1c(F)ccc2cc(O)cc(C3=Cc4nc(OCC5(CN(C)C)CC5)nc(N5CCC6(CC5)CNC6)c4S(=O)(=O)N3C3CC3)c12. The van der Waals surface area contributed by atoms with Gasteiger partial charge in [-0.1, -0.05) is 12.0 Å². The zero-order valence-corrected chi connectivity index (χ0v) is 27.5. The molecule has 3 aromatic rings. The number of halogens is 1. The van der Waals surface area contributed by atoms with Crippen molar-refractivity contribution in [3.05, 3.63) is 46.9 Å². The summed E-state index contributed by atoms with van der Waals surface area (Å²) in [6.07, 6.45) is 12.8. The molecular formula is C35H39FN6O4S. The predicted molar refractivity (Wildman–Crippen MR) is 178 cm³/mol. The maximum atomic E-state index is 15.1. The van der Waals surface area contributed by atoms with Gasteiger partial charge in [-0.3, -0.25) is 4.31 Å². The number of fused-ring (bicyclic) bond motifs is 2. The molecule has 0 atom stereocenters. The molecule has 1 spiro atoms. The zero-order valence-electron chi connectivity index (χ0n) is 26.7. The Labute approximate surface area is 274 Å². The van der Waals surface area contributed by atoms with E-state index in [0.29, 0.717) is 60.4 Å². The Hall–Kier alpha value is -3.92. The number of aromatic hydroxyl groups is 1. The third-order valence-corrected chi connectivity index (χ3v) is 12.4. The van der Waals surface area contributed by atoms with Gasteiger partial charge in [-0.2, -0.15) is 9.97 Å². The smallest absolute Gasteiger partial charge is 0.319 e. The number of anilines is 1. The molecule has 2 saturated heterocycles. The first-order valence-corrected chi connectivity index (χ1v) is 17.8. The van der Waals surface area contributed by atoms with Crippen LogP contribution in [0.1, 0.15) is 55.3 Å². The number of rotatable bonds is 8. The largest absolute Gasteiger partial charge is 0.508 e. The Balaban J connectivity index is 1.30. The van der Waals surface area contributed by atoms with E-state index in [9.17, 15) is 13.5 Å². The van der Waals surface area contributed by atoms with Crippen LogP contribution in [0.2, 0.25) is 0 Å². The van der Waals surface area contributed by atoms with Gasteiger partial charge in [-0.15, -0.1) is 6.42 Å². The fourth-order valence-corrected chi connectivity index (χ4v) is 9.57. The highest BCUT2D eigenvalue weighted by Crippen LogP contribution is 2.50. The van der Waals surface area contributed by atoms with Crippen LogP contribution in [0.5, 0.6) is 11.8 Å². The topological polar surface area (TPSA) is 111 Å². The second kappa shape index (κ2) is 10.8. The van der Waals surface area contributed by atoms with Crippen LogP contribution >= 0.6 is 0 Å². The third kappa shape index (κ3) is 5.19. The first-order chi connectivity index (χ1) is 22.5. The summed E-state index contributed by atoms with van der Waals surface area (Å²) in [7, 11) is -0.113. The summed E-state index contributed by atoms with van der Waals surface area (Å²) in [6, 6.07) is 5.59. The molecule has 12 heteroatoms. The molecule has 2 aliphatic carbocycles. The molecule has 0 radical (unpaired) electrons. The van der Waals surface area contributed by atoms with Crippen molar-refractivity contribution in [1.29, 1.82) is 0 Å². The van der Waals surface area contributed by atoms with Gasteiger partial charge in [0.15, 0.2) is 10.7 Å². The van der Waals surface area contributed by atoms with Crippen LogP contribution in [0, 0.1) is 29.0 Å². The Bertz CT molecular complexity index is 1970. The summed E-state index contributed by atoms with van der Waals surface area (Å²) in [5, 5.41) is 15.0. The second-order valence-corrected chi connectivity index (χ2v) is 16.1. The Kier molecular flexibility index (Phi) is 6.99. The first-order valence-electron chi connectivity index (χ1n) is 16.4. The minimum absolute atomic E-state index is 0.00749. The van der Waals surface area contributed by atoms with Crippen LogP contribution in [-0.4, -0.2) is 92.2 Å². The molecule has 5 aliphatic rings. The minimum Gasteiger partial charge on any atom is -0.508 e. The number of ether oxygens (including phenoxy) is 1. The summed E-state index contributed by atoms with van der Waals surface area (Å²) >= 11 is 0. The molecule has 2 N–H and O–H groups in total. The highest BCUT2D eigenvalue weighted by molar-refractivity contribution is 7.89. The molecule has 0 bridgehead atoms. The van der Waals surface area contributed by atoms with Crippen molar-refractivity contribution < 1.29 is 22.7 Å². The molecule has 0 amide bonds. The fraction of sp³-hybridized carbons (Fsp3) is 0.486. The number of hydrogen-bond donors (Lipinski definition) is 2. The summed E-state index contributed by atoms with van der Waals surface area (Å²) in [6.45, 7) is 4.60. The molecule has 10 nitrogen and oxygen atoms in total. The van der Waals surface area contributed by atoms with Crippen molar-refractivity contribution in [2.24, 2.45) is 10.8 Å². The van der Waals surface area contributed by atoms with Crippen LogP contribution in [0.15, 0.2) is 29.2 Å². The van der Waals surface area contributed by atoms with E-state index < -0.39 is 15.8 Å². The van der Waals surface area contributed by atoms with Crippen molar-refractivity contribution in [2.75, 3.05) is 58.3 Å². The van der Waals surface area contributed by atoms with Gasteiger partial charge in [0.1, 0.15) is 11.6 Å². The van der Waals surface area contributed by atoms with Gasteiger partial charge in [0.2, 0.25) is 0 Å². The number of phenols is 1. The number of aromatic nitrogens is 2. The van der Waals surface area contributed by atoms with E-state index in [1.807, 2.05) is 14.1 Å². The van der Waals surface area contributed by atoms with Crippen molar-refractivity contribution in [2.45, 2.75) is 49.5 Å². The number of phenolic OH excluding ortho intramolecular Hbond substituents is 1. The molecule has 3 aliphatic heterocycles. The standard InChI is InChI=1S/C35H39FN6O4S/c1-4-25-27(36)8-5-22-15-24(43)16-26(30(22)25)29-17-28-31(47(44,45)42(29)23-6-7-23)32(41-13-11-34(12-14-41)18-37-19-34)39-33(38-28)46-21-35(9-10-35)20-40(2)3/h1,5,8,15-17,23,37,43H,6-7,9-14,18-21H2,2-3H3. The van der Waals surface area contributed by atoms with E-state index in [1.54, 1.807) is 6.08 Å². The van der Waals surface area contributed by atoms with Crippen molar-refractivity contribution in [1.82, 2.24) is 24.5 Å². The molecule has 0 unspecified atom stereocenters. The van der Waals surface area contributed by atoms with E-state index in [2.05, 4.69) is 21.0 Å². The van der Waals surface area contributed by atoms with E-state index in [4.69, 9.17) is 21.1 Å².